The molecule has 1 heterocycles. The molecule has 1 unspecified atom stereocenters. The van der Waals surface area contributed by atoms with Crippen molar-refractivity contribution >= 4 is 39.8 Å². The zero-order chi connectivity index (χ0) is 19.2. The van der Waals surface area contributed by atoms with Crippen LogP contribution in [0.5, 0.6) is 0 Å². The minimum atomic E-state index is -3.14. The van der Waals surface area contributed by atoms with Gasteiger partial charge in [0.1, 0.15) is 0 Å². The maximum Gasteiger partial charge on any atom is 0.191 e. The largest absolute Gasteiger partial charge is 0.356 e. The van der Waals surface area contributed by atoms with E-state index in [1.807, 2.05) is 12.1 Å². The molecule has 154 valence electrons. The van der Waals surface area contributed by atoms with Crippen molar-refractivity contribution in [3.05, 3.63) is 29.8 Å². The maximum atomic E-state index is 11.5. The van der Waals surface area contributed by atoms with Gasteiger partial charge in [0.2, 0.25) is 0 Å². The fourth-order valence-electron chi connectivity index (χ4n) is 2.99. The van der Waals surface area contributed by atoms with Gasteiger partial charge in [0.25, 0.3) is 0 Å². The molecule has 0 radical (unpaired) electrons. The van der Waals surface area contributed by atoms with E-state index in [0.29, 0.717) is 10.9 Å². The molecule has 9 heteroatoms. The molecule has 1 aliphatic rings. The Kier molecular flexibility index (Phi) is 9.99. The molecule has 0 spiro atoms. The number of piperazine rings is 1. The molecule has 2 N–H and O–H groups in total. The fraction of sp³-hybridized carbons (Fsp3) is 0.611. The minimum absolute atomic E-state index is 0. The van der Waals surface area contributed by atoms with Gasteiger partial charge >= 0.3 is 0 Å². The van der Waals surface area contributed by atoms with Crippen LogP contribution in [0.3, 0.4) is 0 Å². The number of likely N-dealkylation sites (N-methyl/N-ethyl adjacent to an activating group) is 2. The summed E-state index contributed by atoms with van der Waals surface area (Å²) in [6.45, 7) is 4.82. The third kappa shape index (κ3) is 7.92. The van der Waals surface area contributed by atoms with Crippen molar-refractivity contribution in [3.63, 3.8) is 0 Å². The van der Waals surface area contributed by atoms with Gasteiger partial charge < -0.3 is 15.5 Å². The molecule has 7 nitrogen and oxygen atoms in total. The normalized spacial score (nSPS) is 19.4. The van der Waals surface area contributed by atoms with E-state index in [1.54, 1.807) is 19.2 Å². The first kappa shape index (κ1) is 24.1. The summed E-state index contributed by atoms with van der Waals surface area (Å²) in [6.07, 6.45) is 2.03. The van der Waals surface area contributed by atoms with Crippen LogP contribution in [-0.4, -0.2) is 90.3 Å². The molecule has 1 aliphatic heterocycles. The summed E-state index contributed by atoms with van der Waals surface area (Å²) in [6, 6.07) is 7.51. The second-order valence-electron chi connectivity index (χ2n) is 6.94. The number of nitrogens with zero attached hydrogens (tertiary/aromatic N) is 3. The fourth-order valence-corrected chi connectivity index (χ4v) is 3.62. The van der Waals surface area contributed by atoms with Crippen molar-refractivity contribution in [2.45, 2.75) is 17.4 Å². The Hall–Kier alpha value is -0.910. The Balaban J connectivity index is 0.00000364. The molecule has 27 heavy (non-hydrogen) atoms. The van der Waals surface area contributed by atoms with Crippen LogP contribution >= 0.6 is 24.0 Å². The third-order valence-corrected chi connectivity index (χ3v) is 5.90. The van der Waals surface area contributed by atoms with Crippen LogP contribution in [0.4, 0.5) is 0 Å². The Morgan fingerprint density at radius 3 is 2.44 bits per heavy atom. The second-order valence-corrected chi connectivity index (χ2v) is 8.96. The van der Waals surface area contributed by atoms with Crippen molar-refractivity contribution in [3.8, 4) is 0 Å². The first-order valence-corrected chi connectivity index (χ1v) is 10.8. The smallest absolute Gasteiger partial charge is 0.191 e. The molecular weight excluding hydrogens is 477 g/mol. The van der Waals surface area contributed by atoms with E-state index in [4.69, 9.17) is 0 Å². The summed E-state index contributed by atoms with van der Waals surface area (Å²) in [5.74, 6) is 0.791. The number of aliphatic imine (C=N–C) groups is 1. The Morgan fingerprint density at radius 2 is 1.85 bits per heavy atom. The molecule has 0 aromatic heterocycles. The van der Waals surface area contributed by atoms with Gasteiger partial charge in [-0.2, -0.15) is 0 Å². The summed E-state index contributed by atoms with van der Waals surface area (Å²) in [5, 5.41) is 6.71. The van der Waals surface area contributed by atoms with Crippen LogP contribution in [0.25, 0.3) is 0 Å². The van der Waals surface area contributed by atoms with Gasteiger partial charge in [-0.1, -0.05) is 12.1 Å². The van der Waals surface area contributed by atoms with Crippen molar-refractivity contribution in [2.24, 2.45) is 4.99 Å². The van der Waals surface area contributed by atoms with Gasteiger partial charge in [-0.25, -0.2) is 8.42 Å². The van der Waals surface area contributed by atoms with Gasteiger partial charge in [0.15, 0.2) is 15.8 Å². The van der Waals surface area contributed by atoms with E-state index in [1.165, 1.54) is 6.26 Å². The number of hydrogen-bond acceptors (Lipinski definition) is 5. The average molecular weight is 509 g/mol. The van der Waals surface area contributed by atoms with Crippen LogP contribution < -0.4 is 10.6 Å². The lowest BCUT2D eigenvalue weighted by molar-refractivity contribution is 0.116. The van der Waals surface area contributed by atoms with Gasteiger partial charge in [-0.05, 0) is 38.2 Å². The lowest BCUT2D eigenvalue weighted by atomic mass is 10.1. The predicted molar refractivity (Wildman–Crippen MR) is 122 cm³/mol. The number of halogens is 1. The van der Waals surface area contributed by atoms with E-state index >= 15 is 0 Å². The molecular formula is C18H32IN5O2S. The molecule has 1 aromatic rings. The van der Waals surface area contributed by atoms with E-state index in [-0.39, 0.29) is 24.0 Å². The van der Waals surface area contributed by atoms with Crippen LogP contribution in [0, 0.1) is 0 Å². The predicted octanol–water partition coefficient (Wildman–Crippen LogP) is 0.661. The first-order valence-electron chi connectivity index (χ1n) is 8.92. The highest BCUT2D eigenvalue weighted by molar-refractivity contribution is 14.0. The van der Waals surface area contributed by atoms with E-state index < -0.39 is 9.84 Å². The summed E-state index contributed by atoms with van der Waals surface area (Å²) >= 11 is 0. The molecule has 1 saturated heterocycles. The molecule has 1 fully saturated rings. The number of hydrogen-bond donors (Lipinski definition) is 2. The number of sulfone groups is 1. The zero-order valence-electron chi connectivity index (χ0n) is 16.6. The van der Waals surface area contributed by atoms with Crippen LogP contribution in [0.1, 0.15) is 5.56 Å². The monoisotopic (exact) mass is 509 g/mol. The summed E-state index contributed by atoms with van der Waals surface area (Å²) in [5.41, 5.74) is 1.09. The van der Waals surface area contributed by atoms with Gasteiger partial charge in [-0.15, -0.1) is 24.0 Å². The molecule has 0 aliphatic carbocycles. The summed E-state index contributed by atoms with van der Waals surface area (Å²) in [7, 11) is 2.95. The van der Waals surface area contributed by atoms with Crippen molar-refractivity contribution < 1.29 is 8.42 Å². The highest BCUT2D eigenvalue weighted by Crippen LogP contribution is 2.10. The van der Waals surface area contributed by atoms with E-state index in [9.17, 15) is 8.42 Å². The first-order chi connectivity index (χ1) is 12.3. The summed E-state index contributed by atoms with van der Waals surface area (Å²) in [4.78, 5) is 9.36. The summed E-state index contributed by atoms with van der Waals surface area (Å²) < 4.78 is 23.0. The minimum Gasteiger partial charge on any atom is -0.356 e. The van der Waals surface area contributed by atoms with Crippen LogP contribution in [0.15, 0.2) is 34.2 Å². The van der Waals surface area contributed by atoms with E-state index in [0.717, 1.165) is 50.7 Å². The van der Waals surface area contributed by atoms with Crippen molar-refractivity contribution in [2.75, 3.05) is 60.1 Å². The van der Waals surface area contributed by atoms with Crippen molar-refractivity contribution in [1.29, 1.82) is 0 Å². The molecule has 0 bridgehead atoms. The van der Waals surface area contributed by atoms with Gasteiger partial charge in [0.05, 0.1) is 4.90 Å². The van der Waals surface area contributed by atoms with E-state index in [2.05, 4.69) is 39.5 Å². The quantitative estimate of drug-likeness (QED) is 0.334. The Bertz CT molecular complexity index is 709. The highest BCUT2D eigenvalue weighted by Gasteiger charge is 2.21. The molecule has 1 atom stereocenters. The van der Waals surface area contributed by atoms with Crippen LogP contribution in [-0.2, 0) is 16.3 Å². The Labute approximate surface area is 180 Å². The average Bonchev–Trinajstić information content (AvgIpc) is 2.60. The number of guanidine groups is 1. The molecule has 1 aromatic carbocycles. The van der Waals surface area contributed by atoms with Gasteiger partial charge in [0, 0.05) is 52.1 Å². The molecule has 2 rings (SSSR count). The zero-order valence-corrected chi connectivity index (χ0v) is 19.8. The molecule has 0 amide bonds. The third-order valence-electron chi connectivity index (χ3n) is 4.77. The van der Waals surface area contributed by atoms with Gasteiger partial charge in [-0.3, -0.25) is 9.89 Å². The lowest BCUT2D eigenvalue weighted by Gasteiger charge is -2.37. The maximum absolute atomic E-state index is 11.5. The standard InChI is InChI=1S/C18H31N5O2S.HI/c1-19-18(21-13-16-14-22(2)11-12-23(16)3)20-10-9-15-5-7-17(8-6-15)26(4,24)25;/h5-8,16H,9-14H2,1-4H3,(H2,19,20,21);1H. The SMILES string of the molecule is CN=C(NCCc1ccc(S(C)(=O)=O)cc1)NCC1CN(C)CCN1C.I. The van der Waals surface area contributed by atoms with Crippen molar-refractivity contribution in [1.82, 2.24) is 20.4 Å². The lowest BCUT2D eigenvalue weighted by Crippen LogP contribution is -2.55. The number of benzene rings is 1. The Morgan fingerprint density at radius 1 is 1.19 bits per heavy atom. The van der Waals surface area contributed by atoms with Crippen LogP contribution in [0.2, 0.25) is 0 Å². The number of nitrogens with one attached hydrogen (secondary N) is 2. The highest BCUT2D eigenvalue weighted by atomic mass is 127. The topological polar surface area (TPSA) is 77.0 Å². The molecule has 0 saturated carbocycles. The number of rotatable bonds is 6. The second kappa shape index (κ2) is 11.2.